The highest BCUT2D eigenvalue weighted by Gasteiger charge is 2.30. The molecule has 2 aliphatic rings. The van der Waals surface area contributed by atoms with Crippen LogP contribution in [0.5, 0.6) is 0 Å². The first-order valence-corrected chi connectivity index (χ1v) is 7.28. The van der Waals surface area contributed by atoms with Crippen molar-refractivity contribution in [3.8, 4) is 0 Å². The first-order valence-electron chi connectivity index (χ1n) is 7.28. The molecular formula is C15H16F2N4. The zero-order valence-corrected chi connectivity index (χ0v) is 11.5. The number of halogens is 2. The third-order valence-electron chi connectivity index (χ3n) is 4.23. The molecule has 2 N–H and O–H groups in total. The van der Waals surface area contributed by atoms with Gasteiger partial charge in [0.25, 0.3) is 0 Å². The SMILES string of the molecule is Fc1ccc(C2CCNc3c4c(nn32)NCCC4)c(F)c1. The van der Waals surface area contributed by atoms with Crippen LogP contribution in [0.3, 0.4) is 0 Å². The van der Waals surface area contributed by atoms with Crippen LogP contribution in [-0.4, -0.2) is 22.9 Å². The summed E-state index contributed by atoms with van der Waals surface area (Å²) in [4.78, 5) is 0. The highest BCUT2D eigenvalue weighted by Crippen LogP contribution is 2.37. The summed E-state index contributed by atoms with van der Waals surface area (Å²) in [5.41, 5.74) is 1.67. The lowest BCUT2D eigenvalue weighted by Gasteiger charge is -2.27. The fourth-order valence-electron chi connectivity index (χ4n) is 3.24. The number of nitrogens with one attached hydrogen (secondary N) is 2. The summed E-state index contributed by atoms with van der Waals surface area (Å²) in [6.45, 7) is 1.68. The Morgan fingerprint density at radius 2 is 2.10 bits per heavy atom. The number of hydrogen-bond donors (Lipinski definition) is 2. The quantitative estimate of drug-likeness (QED) is 0.848. The Kier molecular flexibility index (Phi) is 2.83. The van der Waals surface area contributed by atoms with Crippen molar-refractivity contribution >= 4 is 11.6 Å². The number of fused-ring (bicyclic) bond motifs is 3. The molecule has 21 heavy (non-hydrogen) atoms. The molecular weight excluding hydrogens is 274 g/mol. The molecule has 4 rings (SSSR count). The van der Waals surface area contributed by atoms with Crippen molar-refractivity contribution in [2.75, 3.05) is 23.7 Å². The summed E-state index contributed by atoms with van der Waals surface area (Å²) >= 11 is 0. The number of anilines is 2. The minimum atomic E-state index is -0.549. The summed E-state index contributed by atoms with van der Waals surface area (Å²) < 4.78 is 29.1. The molecule has 0 spiro atoms. The number of rotatable bonds is 1. The largest absolute Gasteiger partial charge is 0.370 e. The number of nitrogens with zero attached hydrogens (tertiary/aromatic N) is 2. The fraction of sp³-hybridized carbons (Fsp3) is 0.400. The Balaban J connectivity index is 1.81. The van der Waals surface area contributed by atoms with Gasteiger partial charge in [0.2, 0.25) is 0 Å². The smallest absolute Gasteiger partial charge is 0.153 e. The van der Waals surface area contributed by atoms with E-state index in [4.69, 9.17) is 0 Å². The second-order valence-corrected chi connectivity index (χ2v) is 5.55. The first-order chi connectivity index (χ1) is 10.2. The second-order valence-electron chi connectivity index (χ2n) is 5.55. The van der Waals surface area contributed by atoms with E-state index in [0.717, 1.165) is 50.1 Å². The Bertz CT molecular complexity index is 695. The Hall–Kier alpha value is -2.11. The van der Waals surface area contributed by atoms with Gasteiger partial charge < -0.3 is 10.6 Å². The van der Waals surface area contributed by atoms with E-state index < -0.39 is 11.6 Å². The van der Waals surface area contributed by atoms with Crippen LogP contribution in [-0.2, 0) is 6.42 Å². The average Bonchev–Trinajstić information content (AvgIpc) is 2.86. The van der Waals surface area contributed by atoms with Gasteiger partial charge in [-0.2, -0.15) is 5.10 Å². The third-order valence-corrected chi connectivity index (χ3v) is 4.23. The molecule has 4 nitrogen and oxygen atoms in total. The van der Waals surface area contributed by atoms with E-state index in [-0.39, 0.29) is 6.04 Å². The highest BCUT2D eigenvalue weighted by atomic mass is 19.1. The van der Waals surface area contributed by atoms with Crippen LogP contribution in [0.15, 0.2) is 18.2 Å². The lowest BCUT2D eigenvalue weighted by atomic mass is 10.0. The summed E-state index contributed by atoms with van der Waals surface area (Å²) in [7, 11) is 0. The van der Waals surface area contributed by atoms with E-state index in [9.17, 15) is 8.78 Å². The predicted molar refractivity (Wildman–Crippen MR) is 76.6 cm³/mol. The molecule has 1 atom stereocenters. The van der Waals surface area contributed by atoms with E-state index in [1.165, 1.54) is 17.7 Å². The van der Waals surface area contributed by atoms with Gasteiger partial charge in [0.05, 0.1) is 6.04 Å². The molecule has 0 amide bonds. The molecule has 0 radical (unpaired) electrons. The molecule has 0 saturated carbocycles. The van der Waals surface area contributed by atoms with Crippen molar-refractivity contribution in [2.45, 2.75) is 25.3 Å². The van der Waals surface area contributed by atoms with Gasteiger partial charge in [-0.25, -0.2) is 13.5 Å². The Morgan fingerprint density at radius 3 is 2.95 bits per heavy atom. The summed E-state index contributed by atoms with van der Waals surface area (Å²) in [5.74, 6) is 0.802. The van der Waals surface area contributed by atoms with Gasteiger partial charge in [-0.15, -0.1) is 0 Å². The molecule has 0 bridgehead atoms. The standard InChI is InChI=1S/C15H16F2N4/c16-9-3-4-10(12(17)8-9)13-5-7-19-15-11-2-1-6-18-14(11)20-21(13)15/h3-4,8,13,19H,1-2,5-7H2,(H,18,20). The molecule has 2 aliphatic heterocycles. The molecule has 1 aromatic heterocycles. The van der Waals surface area contributed by atoms with E-state index in [1.807, 2.05) is 4.68 Å². The zero-order valence-electron chi connectivity index (χ0n) is 11.5. The van der Waals surface area contributed by atoms with E-state index in [1.54, 1.807) is 0 Å². The summed E-state index contributed by atoms with van der Waals surface area (Å²) in [6.07, 6.45) is 2.78. The predicted octanol–water partition coefficient (Wildman–Crippen LogP) is 2.92. The van der Waals surface area contributed by atoms with Gasteiger partial charge in [-0.1, -0.05) is 6.07 Å². The van der Waals surface area contributed by atoms with Crippen molar-refractivity contribution in [1.29, 1.82) is 0 Å². The highest BCUT2D eigenvalue weighted by molar-refractivity contribution is 5.62. The monoisotopic (exact) mass is 290 g/mol. The van der Waals surface area contributed by atoms with Crippen molar-refractivity contribution in [2.24, 2.45) is 0 Å². The second kappa shape index (κ2) is 4.72. The molecule has 0 fully saturated rings. The van der Waals surface area contributed by atoms with Gasteiger partial charge in [0, 0.05) is 30.3 Å². The lowest BCUT2D eigenvalue weighted by Crippen LogP contribution is -2.25. The molecule has 0 saturated heterocycles. The van der Waals surface area contributed by atoms with Crippen LogP contribution >= 0.6 is 0 Å². The van der Waals surface area contributed by atoms with E-state index in [0.29, 0.717) is 5.56 Å². The normalized spacial score (nSPS) is 20.2. The van der Waals surface area contributed by atoms with Crippen LogP contribution in [0, 0.1) is 11.6 Å². The van der Waals surface area contributed by atoms with Gasteiger partial charge in [-0.3, -0.25) is 0 Å². The minimum absolute atomic E-state index is 0.186. The van der Waals surface area contributed by atoms with Crippen LogP contribution in [0.1, 0.15) is 30.0 Å². The van der Waals surface area contributed by atoms with Gasteiger partial charge >= 0.3 is 0 Å². The topological polar surface area (TPSA) is 41.9 Å². The Morgan fingerprint density at radius 1 is 1.19 bits per heavy atom. The number of hydrogen-bond acceptors (Lipinski definition) is 3. The molecule has 6 heteroatoms. The lowest BCUT2D eigenvalue weighted by molar-refractivity contribution is 0.456. The van der Waals surface area contributed by atoms with Crippen molar-refractivity contribution < 1.29 is 8.78 Å². The fourth-order valence-corrected chi connectivity index (χ4v) is 3.24. The summed E-state index contributed by atoms with van der Waals surface area (Å²) in [5, 5.41) is 11.3. The molecule has 110 valence electrons. The molecule has 3 heterocycles. The van der Waals surface area contributed by atoms with Crippen LogP contribution in [0.2, 0.25) is 0 Å². The number of aromatic nitrogens is 2. The maximum Gasteiger partial charge on any atom is 0.153 e. The maximum atomic E-state index is 14.1. The third kappa shape index (κ3) is 1.97. The van der Waals surface area contributed by atoms with Crippen molar-refractivity contribution in [3.05, 3.63) is 41.0 Å². The van der Waals surface area contributed by atoms with Crippen LogP contribution in [0.4, 0.5) is 20.4 Å². The zero-order chi connectivity index (χ0) is 14.4. The average molecular weight is 290 g/mol. The van der Waals surface area contributed by atoms with Gasteiger partial charge in [-0.05, 0) is 25.3 Å². The van der Waals surface area contributed by atoms with Gasteiger partial charge in [0.1, 0.15) is 17.5 Å². The first kappa shape index (κ1) is 12.6. The molecule has 1 unspecified atom stereocenters. The Labute approximate surface area is 121 Å². The van der Waals surface area contributed by atoms with E-state index >= 15 is 0 Å². The number of benzene rings is 1. The maximum absolute atomic E-state index is 14.1. The molecule has 2 aromatic rings. The van der Waals surface area contributed by atoms with Crippen LogP contribution in [0.25, 0.3) is 0 Å². The minimum Gasteiger partial charge on any atom is -0.370 e. The molecule has 0 aliphatic carbocycles. The van der Waals surface area contributed by atoms with Crippen molar-refractivity contribution in [1.82, 2.24) is 9.78 Å². The molecule has 1 aromatic carbocycles. The van der Waals surface area contributed by atoms with Gasteiger partial charge in [0.15, 0.2) is 5.82 Å². The van der Waals surface area contributed by atoms with E-state index in [2.05, 4.69) is 15.7 Å². The van der Waals surface area contributed by atoms with Crippen molar-refractivity contribution in [3.63, 3.8) is 0 Å². The van der Waals surface area contributed by atoms with Crippen LogP contribution < -0.4 is 10.6 Å². The summed E-state index contributed by atoms with van der Waals surface area (Å²) in [6, 6.07) is 3.59.